The molecule has 1 aliphatic carbocycles. The average Bonchev–Trinajstić information content (AvgIpc) is 2.59. The van der Waals surface area contributed by atoms with Gasteiger partial charge in [0.05, 0.1) is 0 Å². The first-order valence-corrected chi connectivity index (χ1v) is 5.38. The molecule has 2 atom stereocenters. The van der Waals surface area contributed by atoms with Gasteiger partial charge >= 0.3 is 0 Å². The van der Waals surface area contributed by atoms with E-state index in [9.17, 15) is 8.78 Å². The highest BCUT2D eigenvalue weighted by Gasteiger charge is 2.23. The first-order chi connectivity index (χ1) is 7.16. The molecule has 1 fully saturated rings. The van der Waals surface area contributed by atoms with Crippen LogP contribution in [0.4, 0.5) is 14.5 Å². The molecule has 1 aromatic rings. The van der Waals surface area contributed by atoms with E-state index in [1.807, 2.05) is 0 Å². The Balaban J connectivity index is 2.07. The average molecular weight is 211 g/mol. The molecule has 0 aromatic heterocycles. The molecule has 15 heavy (non-hydrogen) atoms. The molecule has 0 aliphatic heterocycles. The Morgan fingerprint density at radius 2 is 2.00 bits per heavy atom. The first-order valence-electron chi connectivity index (χ1n) is 5.38. The highest BCUT2D eigenvalue weighted by atomic mass is 19.2. The molecule has 1 aliphatic rings. The molecule has 0 unspecified atom stereocenters. The van der Waals surface area contributed by atoms with E-state index in [4.69, 9.17) is 0 Å². The van der Waals surface area contributed by atoms with Crippen molar-refractivity contribution >= 4 is 5.69 Å². The fraction of sp³-hybridized carbons (Fsp3) is 0.500. The lowest BCUT2D eigenvalue weighted by Crippen LogP contribution is -2.21. The monoisotopic (exact) mass is 211 g/mol. The summed E-state index contributed by atoms with van der Waals surface area (Å²) in [6.07, 6.45) is 3.53. The maximum atomic E-state index is 12.9. The Kier molecular flexibility index (Phi) is 2.89. The van der Waals surface area contributed by atoms with Crippen molar-refractivity contribution in [3.8, 4) is 0 Å². The molecular weight excluding hydrogens is 196 g/mol. The lowest BCUT2D eigenvalue weighted by atomic mass is 10.1. The van der Waals surface area contributed by atoms with E-state index in [1.54, 1.807) is 6.07 Å². The van der Waals surface area contributed by atoms with Crippen LogP contribution in [0.3, 0.4) is 0 Å². The number of nitrogens with one attached hydrogen (secondary N) is 1. The zero-order valence-corrected chi connectivity index (χ0v) is 8.76. The number of hydrogen-bond acceptors (Lipinski definition) is 1. The molecule has 1 aromatic carbocycles. The molecule has 0 radical (unpaired) electrons. The van der Waals surface area contributed by atoms with Gasteiger partial charge in [0.1, 0.15) is 0 Å². The SMILES string of the molecule is C[C@H]1CCC[C@H]1Nc1ccc(F)c(F)c1. The molecule has 0 bridgehead atoms. The largest absolute Gasteiger partial charge is 0.382 e. The molecule has 3 heteroatoms. The van der Waals surface area contributed by atoms with Crippen LogP contribution in [0.1, 0.15) is 26.2 Å². The molecule has 1 saturated carbocycles. The molecule has 0 amide bonds. The van der Waals surface area contributed by atoms with Crippen LogP contribution < -0.4 is 5.32 Å². The number of benzene rings is 1. The van der Waals surface area contributed by atoms with Crippen LogP contribution >= 0.6 is 0 Å². The van der Waals surface area contributed by atoms with Gasteiger partial charge in [0.2, 0.25) is 0 Å². The molecule has 1 nitrogen and oxygen atoms in total. The van der Waals surface area contributed by atoms with Gasteiger partial charge in [0.15, 0.2) is 11.6 Å². The maximum absolute atomic E-state index is 12.9. The third-order valence-corrected chi connectivity index (χ3v) is 3.13. The molecule has 82 valence electrons. The van der Waals surface area contributed by atoms with Crippen molar-refractivity contribution in [3.63, 3.8) is 0 Å². The number of halogens is 2. The summed E-state index contributed by atoms with van der Waals surface area (Å²) >= 11 is 0. The van der Waals surface area contributed by atoms with Crippen LogP contribution in [0.2, 0.25) is 0 Å². The standard InChI is InChI=1S/C12H15F2N/c1-8-3-2-4-12(8)15-9-5-6-10(13)11(14)7-9/h5-8,12,15H,2-4H2,1H3/t8-,12+/m0/s1. The van der Waals surface area contributed by atoms with E-state index in [0.717, 1.165) is 12.5 Å². The van der Waals surface area contributed by atoms with Crippen molar-refractivity contribution in [2.75, 3.05) is 5.32 Å². The number of hydrogen-bond donors (Lipinski definition) is 1. The lowest BCUT2D eigenvalue weighted by molar-refractivity contribution is 0.508. The quantitative estimate of drug-likeness (QED) is 0.788. The predicted molar refractivity (Wildman–Crippen MR) is 56.8 cm³/mol. The molecule has 0 saturated heterocycles. The van der Waals surface area contributed by atoms with Crippen molar-refractivity contribution in [2.24, 2.45) is 5.92 Å². The Hall–Kier alpha value is -1.12. The summed E-state index contributed by atoms with van der Waals surface area (Å²) in [5, 5.41) is 3.25. The van der Waals surface area contributed by atoms with E-state index in [1.165, 1.54) is 18.9 Å². The summed E-state index contributed by atoms with van der Waals surface area (Å²) in [6.45, 7) is 2.19. The van der Waals surface area contributed by atoms with E-state index < -0.39 is 11.6 Å². The second-order valence-electron chi connectivity index (χ2n) is 4.29. The van der Waals surface area contributed by atoms with E-state index >= 15 is 0 Å². The van der Waals surface area contributed by atoms with Gasteiger partial charge in [-0.2, -0.15) is 0 Å². The summed E-state index contributed by atoms with van der Waals surface area (Å²) in [5.41, 5.74) is 0.674. The van der Waals surface area contributed by atoms with E-state index in [2.05, 4.69) is 12.2 Å². The third-order valence-electron chi connectivity index (χ3n) is 3.13. The van der Waals surface area contributed by atoms with Gasteiger partial charge in [-0.15, -0.1) is 0 Å². The molecule has 0 heterocycles. The van der Waals surface area contributed by atoms with Crippen LogP contribution in [-0.4, -0.2) is 6.04 Å². The fourth-order valence-electron chi connectivity index (χ4n) is 2.16. The third kappa shape index (κ3) is 2.28. The zero-order chi connectivity index (χ0) is 10.8. The molecule has 0 spiro atoms. The zero-order valence-electron chi connectivity index (χ0n) is 8.76. The van der Waals surface area contributed by atoms with Gasteiger partial charge in [-0.05, 0) is 30.9 Å². The van der Waals surface area contributed by atoms with Gasteiger partial charge < -0.3 is 5.32 Å². The Bertz CT molecular complexity index is 351. The van der Waals surface area contributed by atoms with Crippen molar-refractivity contribution in [1.29, 1.82) is 0 Å². The molecule has 1 N–H and O–H groups in total. The van der Waals surface area contributed by atoms with Crippen LogP contribution in [-0.2, 0) is 0 Å². The van der Waals surface area contributed by atoms with Crippen LogP contribution in [0.25, 0.3) is 0 Å². The topological polar surface area (TPSA) is 12.0 Å². The summed E-state index contributed by atoms with van der Waals surface area (Å²) < 4.78 is 25.6. The summed E-state index contributed by atoms with van der Waals surface area (Å²) in [6, 6.07) is 4.37. The van der Waals surface area contributed by atoms with Gasteiger partial charge in [0.25, 0.3) is 0 Å². The normalized spacial score (nSPS) is 25.5. The van der Waals surface area contributed by atoms with Gasteiger partial charge in [-0.25, -0.2) is 8.78 Å². The van der Waals surface area contributed by atoms with Crippen molar-refractivity contribution in [2.45, 2.75) is 32.2 Å². The first kappa shape index (κ1) is 10.4. The van der Waals surface area contributed by atoms with Crippen LogP contribution in [0.5, 0.6) is 0 Å². The second-order valence-corrected chi connectivity index (χ2v) is 4.29. The summed E-state index contributed by atoms with van der Waals surface area (Å²) in [4.78, 5) is 0. The predicted octanol–water partition coefficient (Wildman–Crippen LogP) is 3.57. The van der Waals surface area contributed by atoms with Gasteiger partial charge in [-0.1, -0.05) is 13.3 Å². The Morgan fingerprint density at radius 3 is 2.60 bits per heavy atom. The minimum absolute atomic E-state index is 0.398. The van der Waals surface area contributed by atoms with Crippen molar-refractivity contribution in [1.82, 2.24) is 0 Å². The van der Waals surface area contributed by atoms with E-state index in [-0.39, 0.29) is 0 Å². The van der Waals surface area contributed by atoms with Gasteiger partial charge in [0, 0.05) is 17.8 Å². The summed E-state index contributed by atoms with van der Waals surface area (Å²) in [5.74, 6) is -0.969. The summed E-state index contributed by atoms with van der Waals surface area (Å²) in [7, 11) is 0. The minimum atomic E-state index is -0.792. The highest BCUT2D eigenvalue weighted by molar-refractivity contribution is 5.44. The Labute approximate surface area is 88.5 Å². The van der Waals surface area contributed by atoms with Crippen molar-refractivity contribution < 1.29 is 8.78 Å². The fourth-order valence-corrected chi connectivity index (χ4v) is 2.16. The van der Waals surface area contributed by atoms with Crippen LogP contribution in [0, 0.1) is 17.6 Å². The molecule has 2 rings (SSSR count). The minimum Gasteiger partial charge on any atom is -0.382 e. The maximum Gasteiger partial charge on any atom is 0.160 e. The lowest BCUT2D eigenvalue weighted by Gasteiger charge is -2.18. The highest BCUT2D eigenvalue weighted by Crippen LogP contribution is 2.28. The van der Waals surface area contributed by atoms with Gasteiger partial charge in [-0.3, -0.25) is 0 Å². The van der Waals surface area contributed by atoms with E-state index in [0.29, 0.717) is 17.6 Å². The smallest absolute Gasteiger partial charge is 0.160 e. The Morgan fingerprint density at radius 1 is 1.20 bits per heavy atom. The van der Waals surface area contributed by atoms with Crippen molar-refractivity contribution in [3.05, 3.63) is 29.8 Å². The number of rotatable bonds is 2. The molecular formula is C12H15F2N. The number of anilines is 1. The van der Waals surface area contributed by atoms with Crippen LogP contribution in [0.15, 0.2) is 18.2 Å². The second kappa shape index (κ2) is 4.17.